The van der Waals surface area contributed by atoms with Crippen molar-refractivity contribution in [1.29, 1.82) is 5.26 Å². The monoisotopic (exact) mass is 382 g/mol. The lowest BCUT2D eigenvalue weighted by atomic mass is 10.4. The summed E-state index contributed by atoms with van der Waals surface area (Å²) in [5, 5.41) is 16.4. The number of nitrogens with one attached hydrogen (secondary N) is 1. The van der Waals surface area contributed by atoms with Gasteiger partial charge in [0.05, 0.1) is 5.31 Å². The molecule has 3 rings (SSSR count). The van der Waals surface area contributed by atoms with E-state index in [4.69, 9.17) is 0 Å². The SMILES string of the molecule is CNC1=P(c2ccccc2)(c2ccccc2)C(C#N)=CC(Br)=C1. The van der Waals surface area contributed by atoms with E-state index in [-0.39, 0.29) is 0 Å². The highest BCUT2D eigenvalue weighted by Gasteiger charge is 2.33. The number of nitriles is 1. The fourth-order valence-corrected chi connectivity index (χ4v) is 7.85. The smallest absolute Gasteiger partial charge is 0.100 e. The van der Waals surface area contributed by atoms with E-state index in [0.717, 1.165) is 15.2 Å². The van der Waals surface area contributed by atoms with E-state index in [9.17, 15) is 5.26 Å². The molecule has 2 aromatic rings. The zero-order valence-corrected chi connectivity index (χ0v) is 15.2. The summed E-state index contributed by atoms with van der Waals surface area (Å²) in [5.41, 5.74) is 1.08. The second-order valence-electron chi connectivity index (χ2n) is 5.15. The van der Waals surface area contributed by atoms with Gasteiger partial charge in [-0.25, -0.2) is 0 Å². The maximum atomic E-state index is 9.90. The Labute approximate surface area is 145 Å². The standard InChI is InChI=1S/C19H16BrN2P/c1-22-19-13-15(20)12-18(14-21)23(19,16-8-4-2-5-9-16)17-10-6-3-7-11-17/h2-13,22H,1H3. The van der Waals surface area contributed by atoms with Gasteiger partial charge in [-0.05, 0) is 29.8 Å². The van der Waals surface area contributed by atoms with E-state index in [1.165, 1.54) is 10.6 Å². The van der Waals surface area contributed by atoms with Gasteiger partial charge in [-0.15, -0.1) is 0 Å². The topological polar surface area (TPSA) is 35.8 Å². The first-order valence-corrected chi connectivity index (χ1v) is 9.86. The molecule has 1 aliphatic rings. The Morgan fingerprint density at radius 3 is 1.87 bits per heavy atom. The van der Waals surface area contributed by atoms with Crippen molar-refractivity contribution in [2.75, 3.05) is 7.05 Å². The van der Waals surface area contributed by atoms with E-state index < -0.39 is 6.89 Å². The van der Waals surface area contributed by atoms with E-state index in [2.05, 4.69) is 57.7 Å². The highest BCUT2D eigenvalue weighted by atomic mass is 79.9. The summed E-state index contributed by atoms with van der Waals surface area (Å²) in [6.07, 6.45) is 4.04. The average Bonchev–Trinajstić information content (AvgIpc) is 2.62. The van der Waals surface area contributed by atoms with Crippen LogP contribution in [0.1, 0.15) is 0 Å². The summed E-state index contributed by atoms with van der Waals surface area (Å²) >= 11 is 3.54. The zero-order chi connectivity index (χ0) is 16.3. The maximum Gasteiger partial charge on any atom is 0.100 e. The van der Waals surface area contributed by atoms with Gasteiger partial charge >= 0.3 is 0 Å². The van der Waals surface area contributed by atoms with Crippen molar-refractivity contribution in [3.05, 3.63) is 82.6 Å². The first-order valence-electron chi connectivity index (χ1n) is 7.28. The Balaban J connectivity index is 2.52. The minimum Gasteiger partial charge on any atom is -0.291 e. The molecule has 4 heteroatoms. The van der Waals surface area contributed by atoms with Crippen LogP contribution in [0.15, 0.2) is 82.6 Å². The van der Waals surface area contributed by atoms with Crippen molar-refractivity contribution in [2.45, 2.75) is 0 Å². The number of halogens is 1. The summed E-state index contributed by atoms with van der Waals surface area (Å²) in [4.78, 5) is 0. The molecule has 0 amide bonds. The molecular weight excluding hydrogens is 367 g/mol. The minimum atomic E-state index is -2.15. The number of nitrogens with zero attached hydrogens (tertiary/aromatic N) is 1. The fraction of sp³-hybridized carbons (Fsp3) is 0.0526. The summed E-state index contributed by atoms with van der Waals surface area (Å²) in [6, 6.07) is 23.1. The van der Waals surface area contributed by atoms with Gasteiger partial charge in [-0.3, -0.25) is 5.32 Å². The molecule has 0 spiro atoms. The Hall–Kier alpha value is -1.85. The van der Waals surface area contributed by atoms with Crippen LogP contribution in [-0.4, -0.2) is 12.5 Å². The highest BCUT2D eigenvalue weighted by Crippen LogP contribution is 2.56. The zero-order valence-electron chi connectivity index (χ0n) is 12.7. The maximum absolute atomic E-state index is 9.90. The molecule has 23 heavy (non-hydrogen) atoms. The lowest BCUT2D eigenvalue weighted by Crippen LogP contribution is -2.30. The van der Waals surface area contributed by atoms with Crippen molar-refractivity contribution in [3.8, 4) is 6.07 Å². The average molecular weight is 383 g/mol. The van der Waals surface area contributed by atoms with Gasteiger partial charge in [0.2, 0.25) is 0 Å². The summed E-state index contributed by atoms with van der Waals surface area (Å²) in [5.74, 6) is 0. The third-order valence-corrected chi connectivity index (χ3v) is 8.56. The van der Waals surface area contributed by atoms with Gasteiger partial charge in [0.15, 0.2) is 0 Å². The van der Waals surface area contributed by atoms with Crippen LogP contribution in [0, 0.1) is 11.3 Å². The molecule has 0 bridgehead atoms. The quantitative estimate of drug-likeness (QED) is 0.821. The van der Waals surface area contributed by atoms with Crippen LogP contribution in [0.3, 0.4) is 0 Å². The van der Waals surface area contributed by atoms with Gasteiger partial charge in [0.25, 0.3) is 0 Å². The van der Waals surface area contributed by atoms with Crippen LogP contribution >= 0.6 is 22.8 Å². The van der Waals surface area contributed by atoms with Crippen LogP contribution in [-0.2, 0) is 0 Å². The number of hydrogen-bond acceptors (Lipinski definition) is 2. The lowest BCUT2D eigenvalue weighted by Gasteiger charge is -2.32. The Kier molecular flexibility index (Phi) is 4.68. The molecule has 0 unspecified atom stereocenters. The first-order chi connectivity index (χ1) is 11.2. The Morgan fingerprint density at radius 1 is 0.913 bits per heavy atom. The largest absolute Gasteiger partial charge is 0.291 e. The first kappa shape index (κ1) is 16.0. The van der Waals surface area contributed by atoms with E-state index in [1.807, 2.05) is 49.5 Å². The van der Waals surface area contributed by atoms with Gasteiger partial charge < -0.3 is 0 Å². The van der Waals surface area contributed by atoms with Crippen LogP contribution < -0.4 is 15.9 Å². The summed E-state index contributed by atoms with van der Waals surface area (Å²) < 4.78 is 0.917. The molecule has 0 fully saturated rings. The van der Waals surface area contributed by atoms with Crippen LogP contribution in [0.5, 0.6) is 0 Å². The van der Waals surface area contributed by atoms with Crippen molar-refractivity contribution < 1.29 is 0 Å². The summed E-state index contributed by atoms with van der Waals surface area (Å²) in [7, 11) is 1.92. The number of rotatable bonds is 3. The Morgan fingerprint density at radius 2 is 1.43 bits per heavy atom. The van der Waals surface area contributed by atoms with Crippen molar-refractivity contribution in [2.24, 2.45) is 0 Å². The van der Waals surface area contributed by atoms with Gasteiger partial charge in [-0.2, -0.15) is 5.26 Å². The highest BCUT2D eigenvalue weighted by molar-refractivity contribution is 9.11. The molecule has 0 saturated carbocycles. The molecule has 1 aliphatic heterocycles. The minimum absolute atomic E-state index is 0.800. The molecule has 2 nitrogen and oxygen atoms in total. The van der Waals surface area contributed by atoms with Crippen LogP contribution in [0.25, 0.3) is 0 Å². The molecule has 0 aliphatic carbocycles. The van der Waals surface area contributed by atoms with E-state index >= 15 is 0 Å². The number of likely N-dealkylation sites (N-methyl/N-ethyl adjacent to an activating group) is 1. The van der Waals surface area contributed by atoms with Crippen molar-refractivity contribution >= 4 is 38.8 Å². The van der Waals surface area contributed by atoms with E-state index in [1.54, 1.807) is 0 Å². The molecule has 2 aromatic carbocycles. The molecular formula is C19H16BrN2P. The number of allylic oxidation sites excluding steroid dienone is 3. The van der Waals surface area contributed by atoms with Crippen LogP contribution in [0.2, 0.25) is 0 Å². The number of hydrogen-bond donors (Lipinski definition) is 1. The second-order valence-corrected chi connectivity index (χ2v) is 9.40. The molecule has 0 aromatic heterocycles. The molecule has 0 radical (unpaired) electrons. The van der Waals surface area contributed by atoms with Gasteiger partial charge in [0, 0.05) is 16.8 Å². The molecule has 0 saturated heterocycles. The van der Waals surface area contributed by atoms with Crippen molar-refractivity contribution in [1.82, 2.24) is 5.32 Å². The molecule has 1 N–H and O–H groups in total. The molecule has 1 heterocycles. The molecule has 114 valence electrons. The van der Waals surface area contributed by atoms with Crippen molar-refractivity contribution in [3.63, 3.8) is 0 Å². The van der Waals surface area contributed by atoms with Gasteiger partial charge in [0.1, 0.15) is 6.07 Å². The predicted molar refractivity (Wildman–Crippen MR) is 104 cm³/mol. The van der Waals surface area contributed by atoms with Crippen LogP contribution in [0.4, 0.5) is 0 Å². The van der Waals surface area contributed by atoms with E-state index in [0.29, 0.717) is 0 Å². The predicted octanol–water partition coefficient (Wildman–Crippen LogP) is 3.70. The Bertz CT molecular complexity index is 831. The third kappa shape index (κ3) is 2.64. The number of benzene rings is 2. The lowest BCUT2D eigenvalue weighted by molar-refractivity contribution is 1.21. The normalized spacial score (nSPS) is 16.3. The summed E-state index contributed by atoms with van der Waals surface area (Å²) in [6.45, 7) is -2.15. The van der Waals surface area contributed by atoms with Gasteiger partial charge in [-0.1, -0.05) is 76.6 Å². The second kappa shape index (κ2) is 6.72. The molecule has 0 atom stereocenters. The fourth-order valence-electron chi connectivity index (χ4n) is 2.98. The third-order valence-electron chi connectivity index (χ3n) is 3.93.